The first-order chi connectivity index (χ1) is 11.2. The third-order valence-corrected chi connectivity index (χ3v) is 4.90. The molecular weight excluding hydrogens is 295 g/mol. The van der Waals surface area contributed by atoms with Crippen LogP contribution < -0.4 is 4.90 Å². The molecule has 5 nitrogen and oxygen atoms in total. The highest BCUT2D eigenvalue weighted by atomic mass is 19.1. The van der Waals surface area contributed by atoms with Gasteiger partial charge in [-0.1, -0.05) is 12.8 Å². The lowest BCUT2D eigenvalue weighted by atomic mass is 10.1. The summed E-state index contributed by atoms with van der Waals surface area (Å²) < 4.78 is 13.4. The summed E-state index contributed by atoms with van der Waals surface area (Å²) in [6.07, 6.45) is 6.13. The van der Waals surface area contributed by atoms with Crippen molar-refractivity contribution in [3.8, 4) is 0 Å². The van der Waals surface area contributed by atoms with Crippen LogP contribution in [0, 0.1) is 5.82 Å². The van der Waals surface area contributed by atoms with Gasteiger partial charge in [-0.2, -0.15) is 0 Å². The number of hydrogen-bond donors (Lipinski definition) is 0. The maximum absolute atomic E-state index is 13.4. The van der Waals surface area contributed by atoms with Crippen LogP contribution in [0.1, 0.15) is 25.7 Å². The predicted octanol–water partition coefficient (Wildman–Crippen LogP) is 2.36. The first-order valence-electron chi connectivity index (χ1n) is 8.17. The predicted molar refractivity (Wildman–Crippen MR) is 85.7 cm³/mol. The number of rotatable bonds is 2. The van der Waals surface area contributed by atoms with Gasteiger partial charge in [0.2, 0.25) is 5.91 Å². The zero-order valence-corrected chi connectivity index (χ0v) is 12.9. The van der Waals surface area contributed by atoms with Gasteiger partial charge in [-0.3, -0.25) is 4.79 Å². The minimum atomic E-state index is -0.315. The fraction of sp³-hybridized carbons (Fsp3) is 0.471. The minimum absolute atomic E-state index is 0.164. The number of hydrogen-bond acceptors (Lipinski definition) is 4. The first-order valence-corrected chi connectivity index (χ1v) is 8.17. The molecule has 1 saturated carbocycles. The van der Waals surface area contributed by atoms with Crippen LogP contribution in [0.5, 0.6) is 0 Å². The van der Waals surface area contributed by atoms with Gasteiger partial charge < -0.3 is 9.80 Å². The summed E-state index contributed by atoms with van der Waals surface area (Å²) in [4.78, 5) is 25.0. The van der Waals surface area contributed by atoms with Gasteiger partial charge in [0.05, 0.1) is 12.1 Å². The normalized spacial score (nSPS) is 19.8. The standard InChI is InChI=1S/C17H19FN4O/c18-12-5-6-14-15(9-12)19-11-20-17(14)21-7-8-22(16(23)10-21)13-3-1-2-4-13/h5-6,9,11,13H,1-4,7-8,10H2. The van der Waals surface area contributed by atoms with Crippen molar-refractivity contribution in [3.63, 3.8) is 0 Å². The molecule has 4 rings (SSSR count). The van der Waals surface area contributed by atoms with Gasteiger partial charge in [-0.25, -0.2) is 14.4 Å². The molecule has 0 atom stereocenters. The van der Waals surface area contributed by atoms with E-state index in [1.807, 2.05) is 9.80 Å². The highest BCUT2D eigenvalue weighted by molar-refractivity contribution is 5.92. The van der Waals surface area contributed by atoms with E-state index < -0.39 is 0 Å². The van der Waals surface area contributed by atoms with Crippen LogP contribution in [-0.4, -0.2) is 46.5 Å². The number of nitrogens with zero attached hydrogens (tertiary/aromatic N) is 4. The molecule has 1 amide bonds. The highest BCUT2D eigenvalue weighted by Crippen LogP contribution is 2.28. The maximum Gasteiger partial charge on any atom is 0.242 e. The number of halogens is 1. The lowest BCUT2D eigenvalue weighted by Gasteiger charge is -2.38. The third-order valence-electron chi connectivity index (χ3n) is 4.90. The molecular formula is C17H19FN4O. The van der Waals surface area contributed by atoms with Crippen molar-refractivity contribution < 1.29 is 9.18 Å². The first kappa shape index (κ1) is 14.4. The Morgan fingerprint density at radius 1 is 1.13 bits per heavy atom. The van der Waals surface area contributed by atoms with E-state index in [0.717, 1.165) is 37.1 Å². The summed E-state index contributed by atoms with van der Waals surface area (Å²) in [5.41, 5.74) is 0.570. The van der Waals surface area contributed by atoms with Gasteiger partial charge in [-0.05, 0) is 25.0 Å². The fourth-order valence-electron chi connectivity index (χ4n) is 3.74. The van der Waals surface area contributed by atoms with Crippen molar-refractivity contribution in [2.75, 3.05) is 24.5 Å². The van der Waals surface area contributed by atoms with Gasteiger partial charge in [0, 0.05) is 30.6 Å². The van der Waals surface area contributed by atoms with Crippen molar-refractivity contribution >= 4 is 22.6 Å². The third kappa shape index (κ3) is 2.62. The van der Waals surface area contributed by atoms with E-state index in [2.05, 4.69) is 9.97 Å². The average Bonchev–Trinajstić information content (AvgIpc) is 3.08. The van der Waals surface area contributed by atoms with Crippen molar-refractivity contribution in [1.82, 2.24) is 14.9 Å². The Bertz CT molecular complexity index is 744. The molecule has 0 N–H and O–H groups in total. The van der Waals surface area contributed by atoms with Gasteiger partial charge in [0.15, 0.2) is 0 Å². The van der Waals surface area contributed by atoms with Crippen molar-refractivity contribution in [3.05, 3.63) is 30.3 Å². The molecule has 2 fully saturated rings. The van der Waals surface area contributed by atoms with E-state index in [-0.39, 0.29) is 11.7 Å². The summed E-state index contributed by atoms with van der Waals surface area (Å²) in [5.74, 6) is 0.565. The minimum Gasteiger partial charge on any atom is -0.345 e. The largest absolute Gasteiger partial charge is 0.345 e. The Balaban J connectivity index is 1.59. The quantitative estimate of drug-likeness (QED) is 0.854. The number of benzene rings is 1. The van der Waals surface area contributed by atoms with Gasteiger partial charge in [0.1, 0.15) is 18.0 Å². The van der Waals surface area contributed by atoms with Gasteiger partial charge in [-0.15, -0.1) is 0 Å². The van der Waals surface area contributed by atoms with E-state index in [1.54, 1.807) is 6.07 Å². The monoisotopic (exact) mass is 314 g/mol. The Morgan fingerprint density at radius 2 is 1.96 bits per heavy atom. The molecule has 2 aliphatic rings. The molecule has 1 aromatic heterocycles. The number of carbonyl (C=O) groups is 1. The van der Waals surface area contributed by atoms with Gasteiger partial charge >= 0.3 is 0 Å². The number of amides is 1. The molecule has 1 saturated heterocycles. The molecule has 0 spiro atoms. The van der Waals surface area contributed by atoms with E-state index in [9.17, 15) is 9.18 Å². The molecule has 2 heterocycles. The summed E-state index contributed by atoms with van der Waals surface area (Å²) in [7, 11) is 0. The van der Waals surface area contributed by atoms with E-state index >= 15 is 0 Å². The van der Waals surface area contributed by atoms with Crippen LogP contribution in [-0.2, 0) is 4.79 Å². The average molecular weight is 314 g/mol. The zero-order valence-electron chi connectivity index (χ0n) is 12.9. The summed E-state index contributed by atoms with van der Waals surface area (Å²) >= 11 is 0. The summed E-state index contributed by atoms with van der Waals surface area (Å²) in [6, 6.07) is 4.91. The molecule has 0 bridgehead atoms. The van der Waals surface area contributed by atoms with Crippen LogP contribution in [0.25, 0.3) is 10.9 Å². The number of piperazine rings is 1. The summed E-state index contributed by atoms with van der Waals surface area (Å²) in [5, 5.41) is 0.788. The van der Waals surface area contributed by atoms with Crippen molar-refractivity contribution in [2.24, 2.45) is 0 Å². The molecule has 1 aliphatic carbocycles. The second-order valence-corrected chi connectivity index (χ2v) is 6.31. The number of anilines is 1. The lowest BCUT2D eigenvalue weighted by Crippen LogP contribution is -2.53. The maximum atomic E-state index is 13.4. The number of fused-ring (bicyclic) bond motifs is 1. The fourth-order valence-corrected chi connectivity index (χ4v) is 3.74. The van der Waals surface area contributed by atoms with Crippen LogP contribution in [0.2, 0.25) is 0 Å². The second-order valence-electron chi connectivity index (χ2n) is 6.31. The number of carbonyl (C=O) groups excluding carboxylic acids is 1. The molecule has 23 heavy (non-hydrogen) atoms. The topological polar surface area (TPSA) is 49.3 Å². The molecule has 1 aliphatic heterocycles. The Morgan fingerprint density at radius 3 is 2.74 bits per heavy atom. The lowest BCUT2D eigenvalue weighted by molar-refractivity contribution is -0.133. The van der Waals surface area contributed by atoms with E-state index in [1.165, 1.54) is 31.3 Å². The SMILES string of the molecule is O=C1CN(c2ncnc3cc(F)ccc23)CCN1C1CCCC1. The van der Waals surface area contributed by atoms with Crippen LogP contribution in [0.4, 0.5) is 10.2 Å². The van der Waals surface area contributed by atoms with Crippen molar-refractivity contribution in [2.45, 2.75) is 31.7 Å². The van der Waals surface area contributed by atoms with Crippen LogP contribution in [0.3, 0.4) is 0 Å². The Kier molecular flexibility index (Phi) is 3.59. The highest BCUT2D eigenvalue weighted by Gasteiger charge is 2.32. The second kappa shape index (κ2) is 5.76. The van der Waals surface area contributed by atoms with E-state index in [0.29, 0.717) is 18.1 Å². The molecule has 0 radical (unpaired) electrons. The molecule has 2 aromatic rings. The molecule has 1 aromatic carbocycles. The molecule has 120 valence electrons. The van der Waals surface area contributed by atoms with Gasteiger partial charge in [0.25, 0.3) is 0 Å². The van der Waals surface area contributed by atoms with Crippen LogP contribution >= 0.6 is 0 Å². The Labute approximate surface area is 134 Å². The van der Waals surface area contributed by atoms with Crippen LogP contribution in [0.15, 0.2) is 24.5 Å². The molecule has 6 heteroatoms. The number of aromatic nitrogens is 2. The summed E-state index contributed by atoms with van der Waals surface area (Å²) in [6.45, 7) is 1.82. The van der Waals surface area contributed by atoms with Crippen molar-refractivity contribution in [1.29, 1.82) is 0 Å². The zero-order chi connectivity index (χ0) is 15.8. The smallest absolute Gasteiger partial charge is 0.242 e. The molecule has 0 unspecified atom stereocenters. The van der Waals surface area contributed by atoms with E-state index in [4.69, 9.17) is 0 Å². The Hall–Kier alpha value is -2.24.